The molecular formula is C28H29NO. The third kappa shape index (κ3) is 3.50. The van der Waals surface area contributed by atoms with Gasteiger partial charge in [0.2, 0.25) is 0 Å². The maximum atomic E-state index is 13.8. The van der Waals surface area contributed by atoms with Gasteiger partial charge >= 0.3 is 0 Å². The Labute approximate surface area is 179 Å². The molecule has 1 saturated heterocycles. The molecule has 2 fully saturated rings. The molecule has 2 nitrogen and oxygen atoms in total. The highest BCUT2D eigenvalue weighted by Crippen LogP contribution is 2.56. The first-order valence-corrected chi connectivity index (χ1v) is 11.3. The van der Waals surface area contributed by atoms with Gasteiger partial charge in [-0.05, 0) is 24.0 Å². The minimum Gasteiger partial charge on any atom is -0.294 e. The van der Waals surface area contributed by atoms with E-state index < -0.39 is 0 Å². The van der Waals surface area contributed by atoms with Gasteiger partial charge in [0.05, 0.1) is 5.92 Å². The molecule has 1 saturated carbocycles. The second-order valence-corrected chi connectivity index (χ2v) is 8.71. The smallest absolute Gasteiger partial charge is 0.169 e. The summed E-state index contributed by atoms with van der Waals surface area (Å²) in [6.45, 7) is 0. The highest BCUT2D eigenvalue weighted by molar-refractivity contribution is 5.99. The van der Waals surface area contributed by atoms with Crippen LogP contribution in [-0.4, -0.2) is 16.7 Å². The number of ketones is 1. The summed E-state index contributed by atoms with van der Waals surface area (Å²) >= 11 is 0. The van der Waals surface area contributed by atoms with Gasteiger partial charge in [-0.25, -0.2) is 0 Å². The van der Waals surface area contributed by atoms with E-state index in [4.69, 9.17) is 0 Å². The first-order chi connectivity index (χ1) is 14.8. The lowest BCUT2D eigenvalue weighted by Gasteiger charge is -2.59. The van der Waals surface area contributed by atoms with E-state index in [2.05, 4.69) is 65.6 Å². The van der Waals surface area contributed by atoms with Gasteiger partial charge in [-0.15, -0.1) is 0 Å². The molecule has 30 heavy (non-hydrogen) atoms. The van der Waals surface area contributed by atoms with Crippen molar-refractivity contribution in [2.75, 3.05) is 0 Å². The second-order valence-electron chi connectivity index (χ2n) is 8.71. The average molecular weight is 396 g/mol. The van der Waals surface area contributed by atoms with E-state index in [9.17, 15) is 4.79 Å². The van der Waals surface area contributed by atoms with Gasteiger partial charge in [-0.3, -0.25) is 9.69 Å². The first-order valence-electron chi connectivity index (χ1n) is 11.3. The van der Waals surface area contributed by atoms with Gasteiger partial charge in [-0.2, -0.15) is 0 Å². The van der Waals surface area contributed by atoms with Crippen LogP contribution in [0.2, 0.25) is 0 Å². The molecule has 0 bridgehead atoms. The van der Waals surface area contributed by atoms with Crippen LogP contribution in [0.3, 0.4) is 0 Å². The molecule has 0 N–H and O–H groups in total. The molecule has 3 aromatic rings. The summed E-state index contributed by atoms with van der Waals surface area (Å²) < 4.78 is 0. The number of carbonyl (C=O) groups excluding carboxylic acids is 1. The van der Waals surface area contributed by atoms with Crippen molar-refractivity contribution in [3.05, 3.63) is 108 Å². The largest absolute Gasteiger partial charge is 0.294 e. The third-order valence-corrected chi connectivity index (χ3v) is 6.96. The van der Waals surface area contributed by atoms with Gasteiger partial charge in [0.15, 0.2) is 5.78 Å². The van der Waals surface area contributed by atoms with Gasteiger partial charge in [0.25, 0.3) is 0 Å². The Hall–Kier alpha value is -2.71. The van der Waals surface area contributed by atoms with Crippen LogP contribution in [0.25, 0.3) is 0 Å². The fraction of sp³-hybridized carbons (Fsp3) is 0.321. The number of rotatable bonds is 5. The van der Waals surface area contributed by atoms with Gasteiger partial charge < -0.3 is 0 Å². The Balaban J connectivity index is 1.59. The molecule has 1 heterocycles. The molecular weight excluding hydrogens is 366 g/mol. The third-order valence-electron chi connectivity index (χ3n) is 6.96. The Morgan fingerprint density at radius 3 is 1.60 bits per heavy atom. The summed E-state index contributed by atoms with van der Waals surface area (Å²) in [6, 6.07) is 32.1. The molecule has 152 valence electrons. The van der Waals surface area contributed by atoms with Crippen LogP contribution >= 0.6 is 0 Å². The van der Waals surface area contributed by atoms with Crippen LogP contribution in [0.5, 0.6) is 0 Å². The minimum atomic E-state index is -0.0564. The number of likely N-dealkylation sites (tertiary alicyclic amines) is 1. The van der Waals surface area contributed by atoms with Crippen LogP contribution in [0.15, 0.2) is 91.0 Å². The first kappa shape index (κ1) is 19.3. The van der Waals surface area contributed by atoms with E-state index in [0.29, 0.717) is 6.04 Å². The fourth-order valence-corrected chi connectivity index (χ4v) is 5.59. The van der Waals surface area contributed by atoms with Crippen molar-refractivity contribution in [2.24, 2.45) is 5.92 Å². The zero-order chi connectivity index (χ0) is 20.3. The predicted molar refractivity (Wildman–Crippen MR) is 121 cm³/mol. The van der Waals surface area contributed by atoms with Crippen LogP contribution in [-0.2, 0) is 0 Å². The molecule has 1 aliphatic carbocycles. The maximum absolute atomic E-state index is 13.8. The summed E-state index contributed by atoms with van der Waals surface area (Å²) in [5.74, 6) is 0.212. The Bertz CT molecular complexity index is 916. The monoisotopic (exact) mass is 395 g/mol. The molecule has 2 aliphatic rings. The quantitative estimate of drug-likeness (QED) is 0.453. The fourth-order valence-electron chi connectivity index (χ4n) is 5.59. The van der Waals surface area contributed by atoms with E-state index in [1.165, 1.54) is 43.2 Å². The normalized spacial score (nSPS) is 24.9. The number of Topliss-reactive ketones (excluding diaryl/α,β-unsaturated/α-hetero) is 1. The molecule has 1 aliphatic heterocycles. The Morgan fingerprint density at radius 2 is 1.10 bits per heavy atom. The van der Waals surface area contributed by atoms with Crippen molar-refractivity contribution < 1.29 is 4.79 Å². The van der Waals surface area contributed by atoms with Crippen molar-refractivity contribution in [1.29, 1.82) is 0 Å². The minimum absolute atomic E-state index is 0.0564. The van der Waals surface area contributed by atoms with Crippen LogP contribution in [0.1, 0.15) is 65.7 Å². The standard InChI is InChI=1S/C28H29NO/c30-28(23-17-9-3-10-18-23)25-26(21-13-5-1-6-14-21)29(24-19-11-4-12-20-24)27(25)22-15-7-2-8-16-22/h1-3,5-10,13-18,24-27H,4,11-12,19-20H2/t25?,26-,27+. The molecule has 0 spiro atoms. The number of nitrogens with zero attached hydrogens (tertiary/aromatic N) is 1. The van der Waals surface area contributed by atoms with Gasteiger partial charge in [-0.1, -0.05) is 110 Å². The zero-order valence-corrected chi connectivity index (χ0v) is 17.4. The molecule has 0 amide bonds. The van der Waals surface area contributed by atoms with Crippen LogP contribution in [0, 0.1) is 5.92 Å². The lowest BCUT2D eigenvalue weighted by Crippen LogP contribution is -2.59. The average Bonchev–Trinajstić information content (AvgIpc) is 2.81. The Morgan fingerprint density at radius 1 is 0.633 bits per heavy atom. The topological polar surface area (TPSA) is 20.3 Å². The number of hydrogen-bond acceptors (Lipinski definition) is 2. The SMILES string of the molecule is O=C(c1ccccc1)C1[C@@H](c2ccccc2)N(C2CCCCC2)[C@H]1c1ccccc1. The maximum Gasteiger partial charge on any atom is 0.169 e. The lowest BCUT2D eigenvalue weighted by molar-refractivity contribution is -0.0856. The molecule has 3 atom stereocenters. The predicted octanol–water partition coefficient (Wildman–Crippen LogP) is 6.62. The van der Waals surface area contributed by atoms with E-state index in [1.807, 2.05) is 30.3 Å². The van der Waals surface area contributed by atoms with E-state index in [0.717, 1.165) is 5.56 Å². The number of carbonyl (C=O) groups is 1. The summed E-state index contributed by atoms with van der Waals surface area (Å²) in [5.41, 5.74) is 3.36. The summed E-state index contributed by atoms with van der Waals surface area (Å²) in [7, 11) is 0. The highest BCUT2D eigenvalue weighted by Gasteiger charge is 2.55. The number of benzene rings is 3. The van der Waals surface area contributed by atoms with Crippen molar-refractivity contribution >= 4 is 5.78 Å². The Kier molecular flexibility index (Phi) is 5.50. The molecule has 0 aromatic heterocycles. The molecule has 3 aromatic carbocycles. The second kappa shape index (κ2) is 8.57. The molecule has 1 unspecified atom stereocenters. The summed E-state index contributed by atoms with van der Waals surface area (Å²) in [6.07, 6.45) is 6.39. The molecule has 5 rings (SSSR count). The van der Waals surface area contributed by atoms with Crippen molar-refractivity contribution in [3.8, 4) is 0 Å². The zero-order valence-electron chi connectivity index (χ0n) is 17.4. The van der Waals surface area contributed by atoms with Crippen LogP contribution < -0.4 is 0 Å². The summed E-state index contributed by atoms with van der Waals surface area (Å²) in [4.78, 5) is 16.5. The van der Waals surface area contributed by atoms with E-state index in [-0.39, 0.29) is 23.8 Å². The van der Waals surface area contributed by atoms with Crippen molar-refractivity contribution in [1.82, 2.24) is 4.90 Å². The summed E-state index contributed by atoms with van der Waals surface area (Å²) in [5, 5.41) is 0. The molecule has 2 heteroatoms. The van der Waals surface area contributed by atoms with Gasteiger partial charge in [0.1, 0.15) is 0 Å². The number of hydrogen-bond donors (Lipinski definition) is 0. The van der Waals surface area contributed by atoms with Crippen molar-refractivity contribution in [3.63, 3.8) is 0 Å². The van der Waals surface area contributed by atoms with E-state index >= 15 is 0 Å². The highest BCUT2D eigenvalue weighted by atomic mass is 16.1. The van der Waals surface area contributed by atoms with E-state index in [1.54, 1.807) is 0 Å². The lowest BCUT2D eigenvalue weighted by atomic mass is 9.68. The van der Waals surface area contributed by atoms with Crippen LogP contribution in [0.4, 0.5) is 0 Å². The van der Waals surface area contributed by atoms with Gasteiger partial charge in [0, 0.05) is 23.7 Å². The van der Waals surface area contributed by atoms with Crippen molar-refractivity contribution in [2.45, 2.75) is 50.2 Å². The molecule has 0 radical (unpaired) electrons.